The summed E-state index contributed by atoms with van der Waals surface area (Å²) in [4.78, 5) is 12.9. The number of benzene rings is 1. The quantitative estimate of drug-likeness (QED) is 0.615. The van der Waals surface area contributed by atoms with Crippen LogP contribution in [-0.2, 0) is 16.0 Å². The first-order valence-corrected chi connectivity index (χ1v) is 10.6. The summed E-state index contributed by atoms with van der Waals surface area (Å²) >= 11 is 0. The zero-order chi connectivity index (χ0) is 19.2. The maximum absolute atomic E-state index is 12.9. The summed E-state index contributed by atoms with van der Waals surface area (Å²) in [6, 6.07) is 5.76. The van der Waals surface area contributed by atoms with Crippen LogP contribution < -0.4 is 0 Å². The first-order valence-electron chi connectivity index (χ1n) is 10.6. The number of ether oxygens (including phenoxy) is 1. The van der Waals surface area contributed by atoms with Crippen LogP contribution in [0.3, 0.4) is 0 Å². The largest absolute Gasteiger partial charge is 0.508 e. The lowest BCUT2D eigenvalue weighted by Gasteiger charge is -2.51. The molecule has 0 heterocycles. The number of carbonyl (C=O) groups excluding carboxylic acids is 1. The molecule has 1 aromatic rings. The lowest BCUT2D eigenvalue weighted by Crippen LogP contribution is -2.46. The van der Waals surface area contributed by atoms with E-state index in [1.54, 1.807) is 6.07 Å². The number of hydrogen-bond acceptors (Lipinski definition) is 4. The SMILES string of the molecule is CCCCOC(=O)[C@H]1C[C@H](O)[C@@]2(C)CC[C@@H]3c4ccc(O)cc4CC[C@H]3[C@H]12. The van der Waals surface area contributed by atoms with Crippen LogP contribution in [0.4, 0.5) is 0 Å². The number of phenolic OH excluding ortho intramolecular Hbond substituents is 1. The predicted octanol–water partition coefficient (Wildman–Crippen LogP) is 4.18. The molecular weight excluding hydrogens is 340 g/mol. The van der Waals surface area contributed by atoms with Crippen molar-refractivity contribution in [2.45, 2.75) is 70.8 Å². The Balaban J connectivity index is 1.62. The number of rotatable bonds is 4. The zero-order valence-corrected chi connectivity index (χ0v) is 16.5. The standard InChI is InChI=1S/C23H32O4/c1-3-4-11-27-22(26)19-13-20(25)23(2)10-9-17-16-8-6-15(24)12-14(16)5-7-18(17)21(19)23/h6,8,12,17-21,24-25H,3-5,7,9-11,13H2,1-2H3/t17-,18-,19+,20+,21-,23-/m1/s1. The van der Waals surface area contributed by atoms with Crippen molar-refractivity contribution in [2.75, 3.05) is 6.61 Å². The molecule has 6 atom stereocenters. The minimum absolute atomic E-state index is 0.103. The van der Waals surface area contributed by atoms with Crippen LogP contribution in [0.15, 0.2) is 18.2 Å². The van der Waals surface area contributed by atoms with Crippen LogP contribution >= 0.6 is 0 Å². The van der Waals surface area contributed by atoms with E-state index in [0.717, 1.165) is 38.5 Å². The number of esters is 1. The van der Waals surface area contributed by atoms with Gasteiger partial charge in [-0.05, 0) is 85.0 Å². The Morgan fingerprint density at radius 1 is 1.33 bits per heavy atom. The van der Waals surface area contributed by atoms with E-state index in [0.29, 0.717) is 30.6 Å². The van der Waals surface area contributed by atoms with Crippen LogP contribution in [0, 0.1) is 23.2 Å². The third-order valence-electron chi connectivity index (χ3n) is 7.72. The summed E-state index contributed by atoms with van der Waals surface area (Å²) in [6.45, 7) is 4.76. The van der Waals surface area contributed by atoms with Crippen molar-refractivity contribution >= 4 is 5.97 Å². The Labute approximate surface area is 161 Å². The molecule has 0 radical (unpaired) electrons. The highest BCUT2D eigenvalue weighted by molar-refractivity contribution is 5.74. The zero-order valence-electron chi connectivity index (χ0n) is 16.5. The van der Waals surface area contributed by atoms with Crippen LogP contribution in [0.5, 0.6) is 5.75 Å². The van der Waals surface area contributed by atoms with Gasteiger partial charge in [-0.15, -0.1) is 0 Å². The van der Waals surface area contributed by atoms with E-state index in [1.807, 2.05) is 6.07 Å². The topological polar surface area (TPSA) is 66.8 Å². The predicted molar refractivity (Wildman–Crippen MR) is 103 cm³/mol. The van der Waals surface area contributed by atoms with Crippen molar-refractivity contribution in [3.63, 3.8) is 0 Å². The van der Waals surface area contributed by atoms with E-state index >= 15 is 0 Å². The molecule has 2 saturated carbocycles. The fourth-order valence-electron chi connectivity index (χ4n) is 6.32. The highest BCUT2D eigenvalue weighted by Crippen LogP contribution is 2.63. The number of aliphatic hydroxyl groups excluding tert-OH is 1. The van der Waals surface area contributed by atoms with Crippen LogP contribution in [0.2, 0.25) is 0 Å². The molecule has 4 rings (SSSR count). The highest BCUT2D eigenvalue weighted by atomic mass is 16.5. The van der Waals surface area contributed by atoms with Crippen molar-refractivity contribution in [1.29, 1.82) is 0 Å². The lowest BCUT2D eigenvalue weighted by molar-refractivity contribution is -0.152. The minimum atomic E-state index is -0.423. The third kappa shape index (κ3) is 3.06. The van der Waals surface area contributed by atoms with E-state index in [4.69, 9.17) is 4.74 Å². The molecule has 4 nitrogen and oxygen atoms in total. The van der Waals surface area contributed by atoms with E-state index in [-0.39, 0.29) is 23.2 Å². The summed E-state index contributed by atoms with van der Waals surface area (Å²) in [5.41, 5.74) is 2.40. The normalized spacial score (nSPS) is 37.2. The van der Waals surface area contributed by atoms with Gasteiger partial charge in [0.05, 0.1) is 18.6 Å². The Morgan fingerprint density at radius 3 is 2.93 bits per heavy atom. The highest BCUT2D eigenvalue weighted by Gasteiger charge is 2.60. The van der Waals surface area contributed by atoms with Gasteiger partial charge in [-0.2, -0.15) is 0 Å². The van der Waals surface area contributed by atoms with Gasteiger partial charge >= 0.3 is 5.97 Å². The summed E-state index contributed by atoms with van der Waals surface area (Å²) in [5, 5.41) is 20.7. The molecule has 148 valence electrons. The summed E-state index contributed by atoms with van der Waals surface area (Å²) in [5.74, 6) is 1.05. The van der Waals surface area contributed by atoms with Crippen LogP contribution in [-0.4, -0.2) is 28.9 Å². The fraction of sp³-hybridized carbons (Fsp3) is 0.696. The van der Waals surface area contributed by atoms with Crippen molar-refractivity contribution in [3.8, 4) is 5.75 Å². The number of aliphatic hydroxyl groups is 1. The molecule has 0 bridgehead atoms. The second-order valence-corrected chi connectivity index (χ2v) is 9.14. The van der Waals surface area contributed by atoms with Crippen molar-refractivity contribution < 1.29 is 19.7 Å². The monoisotopic (exact) mass is 372 g/mol. The number of aryl methyl sites for hydroxylation is 1. The molecule has 2 fully saturated rings. The molecule has 0 saturated heterocycles. The first kappa shape index (κ1) is 18.8. The van der Waals surface area contributed by atoms with Gasteiger partial charge in [0, 0.05) is 0 Å². The molecule has 27 heavy (non-hydrogen) atoms. The number of hydrogen-bond donors (Lipinski definition) is 2. The maximum atomic E-state index is 12.9. The molecule has 0 spiro atoms. The van der Waals surface area contributed by atoms with Crippen molar-refractivity contribution in [2.24, 2.45) is 23.2 Å². The fourth-order valence-corrected chi connectivity index (χ4v) is 6.32. The number of unbranched alkanes of at least 4 members (excludes halogenated alkanes) is 1. The molecule has 0 aliphatic heterocycles. The molecule has 0 aromatic heterocycles. The van der Waals surface area contributed by atoms with Gasteiger partial charge in [0.15, 0.2) is 0 Å². The molecule has 4 heteroatoms. The van der Waals surface area contributed by atoms with E-state index in [9.17, 15) is 15.0 Å². The molecule has 3 aliphatic rings. The van der Waals surface area contributed by atoms with Crippen molar-refractivity contribution in [1.82, 2.24) is 0 Å². The maximum Gasteiger partial charge on any atom is 0.309 e. The van der Waals surface area contributed by atoms with E-state index in [2.05, 4.69) is 19.9 Å². The van der Waals surface area contributed by atoms with E-state index < -0.39 is 6.10 Å². The minimum Gasteiger partial charge on any atom is -0.508 e. The smallest absolute Gasteiger partial charge is 0.309 e. The Morgan fingerprint density at radius 2 is 2.15 bits per heavy atom. The van der Waals surface area contributed by atoms with Gasteiger partial charge in [0.2, 0.25) is 0 Å². The van der Waals surface area contributed by atoms with Gasteiger partial charge in [-0.1, -0.05) is 26.3 Å². The molecule has 2 N–H and O–H groups in total. The number of fused-ring (bicyclic) bond motifs is 5. The number of carbonyl (C=O) groups is 1. The number of aromatic hydroxyl groups is 1. The molecule has 0 unspecified atom stereocenters. The molecule has 3 aliphatic carbocycles. The Kier molecular flexibility index (Phi) is 4.96. The average Bonchev–Trinajstić information content (AvgIpc) is 2.93. The third-order valence-corrected chi connectivity index (χ3v) is 7.72. The summed E-state index contributed by atoms with van der Waals surface area (Å²) < 4.78 is 5.59. The van der Waals surface area contributed by atoms with Crippen molar-refractivity contribution in [3.05, 3.63) is 29.3 Å². The average molecular weight is 373 g/mol. The Bertz CT molecular complexity index is 714. The first-order chi connectivity index (χ1) is 13.0. The van der Waals surface area contributed by atoms with Gasteiger partial charge < -0.3 is 14.9 Å². The van der Waals surface area contributed by atoms with Gasteiger partial charge in [0.1, 0.15) is 5.75 Å². The van der Waals surface area contributed by atoms with E-state index in [1.165, 1.54) is 11.1 Å². The molecular formula is C23H32O4. The van der Waals surface area contributed by atoms with Gasteiger partial charge in [-0.3, -0.25) is 4.79 Å². The summed E-state index contributed by atoms with van der Waals surface area (Å²) in [6.07, 6.45) is 5.97. The molecule has 1 aromatic carbocycles. The number of phenols is 1. The summed E-state index contributed by atoms with van der Waals surface area (Å²) in [7, 11) is 0. The van der Waals surface area contributed by atoms with Crippen LogP contribution in [0.25, 0.3) is 0 Å². The van der Waals surface area contributed by atoms with Gasteiger partial charge in [0.25, 0.3) is 0 Å². The second-order valence-electron chi connectivity index (χ2n) is 9.14. The molecule has 0 amide bonds. The second kappa shape index (κ2) is 7.12. The van der Waals surface area contributed by atoms with Gasteiger partial charge in [-0.25, -0.2) is 0 Å². The van der Waals surface area contributed by atoms with Crippen LogP contribution in [0.1, 0.15) is 69.4 Å². The Hall–Kier alpha value is -1.55. The lowest BCUT2D eigenvalue weighted by atomic mass is 9.54.